The molecule has 1 fully saturated rings. The van der Waals surface area contributed by atoms with E-state index >= 15 is 0 Å². The molecule has 1 aliphatic carbocycles. The Kier molecular flexibility index (Phi) is 19.0. The van der Waals surface area contributed by atoms with E-state index in [4.69, 9.17) is 4.74 Å². The second kappa shape index (κ2) is 20.7. The van der Waals surface area contributed by atoms with E-state index in [1.165, 1.54) is 19.3 Å². The van der Waals surface area contributed by atoms with Crippen LogP contribution in [0.3, 0.4) is 0 Å². The summed E-state index contributed by atoms with van der Waals surface area (Å²) in [6, 6.07) is 0. The number of hydrogen-bond acceptors (Lipinski definition) is 11. The van der Waals surface area contributed by atoms with Gasteiger partial charge in [0.1, 0.15) is 49.3 Å². The maximum absolute atomic E-state index is 12.1. The number of ether oxygens (including phenoxy) is 1. The van der Waals surface area contributed by atoms with Crippen molar-refractivity contribution < 1.29 is 58.7 Å². The normalized spacial score (nSPS) is 27.7. The molecule has 0 bridgehead atoms. The first-order valence-electron chi connectivity index (χ1n) is 14.2. The van der Waals surface area contributed by atoms with E-state index in [1.54, 1.807) is 0 Å². The van der Waals surface area contributed by atoms with Crippen molar-refractivity contribution in [2.45, 2.75) is 127 Å². The molecule has 12 nitrogen and oxygen atoms in total. The Labute approximate surface area is 236 Å². The third-order valence-electron chi connectivity index (χ3n) is 6.53. The second-order valence-corrected chi connectivity index (χ2v) is 11.5. The number of phosphoric acid groups is 1. The van der Waals surface area contributed by atoms with Gasteiger partial charge in [-0.3, -0.25) is 13.8 Å². The zero-order valence-corrected chi connectivity index (χ0v) is 24.3. The fourth-order valence-corrected chi connectivity index (χ4v) is 5.05. The lowest BCUT2D eigenvalue weighted by atomic mass is 9.85. The summed E-state index contributed by atoms with van der Waals surface area (Å²) in [6.45, 7) is 0.932. The molecule has 40 heavy (non-hydrogen) atoms. The zero-order chi connectivity index (χ0) is 30.0. The number of phosphoric ester groups is 1. The van der Waals surface area contributed by atoms with E-state index in [9.17, 15) is 44.9 Å². The highest BCUT2D eigenvalue weighted by molar-refractivity contribution is 7.47. The van der Waals surface area contributed by atoms with Crippen LogP contribution < -0.4 is 0 Å². The van der Waals surface area contributed by atoms with Crippen LogP contribution in [-0.4, -0.2) is 97.4 Å². The van der Waals surface area contributed by atoms with Gasteiger partial charge in [-0.1, -0.05) is 63.3 Å². The molecular weight excluding hydrogens is 547 g/mol. The van der Waals surface area contributed by atoms with Crippen LogP contribution in [0.15, 0.2) is 24.3 Å². The molecule has 8 atom stereocenters. The number of hydrogen-bond donors (Lipinski definition) is 7. The minimum atomic E-state index is -4.99. The molecule has 0 heterocycles. The predicted octanol–water partition coefficient (Wildman–Crippen LogP) is 2.02. The lowest BCUT2D eigenvalue weighted by Crippen LogP contribution is -2.64. The number of aliphatic hydroxyl groups is 6. The molecule has 0 radical (unpaired) electrons. The van der Waals surface area contributed by atoms with Crippen molar-refractivity contribution in [3.8, 4) is 0 Å². The highest BCUT2D eigenvalue weighted by Gasteiger charge is 2.51. The molecule has 1 rings (SSSR count). The van der Waals surface area contributed by atoms with Gasteiger partial charge in [-0.15, -0.1) is 0 Å². The fraction of sp³-hybridized carbons (Fsp3) is 0.815. The molecule has 0 aromatic carbocycles. The zero-order valence-electron chi connectivity index (χ0n) is 23.4. The first-order valence-corrected chi connectivity index (χ1v) is 15.7. The van der Waals surface area contributed by atoms with Crippen LogP contribution in [-0.2, 0) is 23.1 Å². The van der Waals surface area contributed by atoms with Crippen LogP contribution in [0.4, 0.5) is 0 Å². The molecule has 0 aliphatic heterocycles. The highest BCUT2D eigenvalue weighted by Crippen LogP contribution is 2.47. The first-order chi connectivity index (χ1) is 19.0. The molecule has 1 saturated carbocycles. The van der Waals surface area contributed by atoms with Gasteiger partial charge in [0.25, 0.3) is 0 Å². The Bertz CT molecular complexity index is 775. The number of rotatable bonds is 21. The van der Waals surface area contributed by atoms with Gasteiger partial charge in [-0.25, -0.2) is 4.57 Å². The summed E-state index contributed by atoms with van der Waals surface area (Å²) < 4.78 is 26.3. The summed E-state index contributed by atoms with van der Waals surface area (Å²) in [5.41, 5.74) is 0. The molecule has 1 aliphatic rings. The van der Waals surface area contributed by atoms with Crippen molar-refractivity contribution in [2.24, 2.45) is 0 Å². The summed E-state index contributed by atoms with van der Waals surface area (Å²) in [7, 11) is -4.99. The predicted molar refractivity (Wildman–Crippen MR) is 147 cm³/mol. The van der Waals surface area contributed by atoms with Crippen molar-refractivity contribution in [3.05, 3.63) is 24.3 Å². The van der Waals surface area contributed by atoms with Crippen LogP contribution in [0.1, 0.15) is 84.0 Å². The van der Waals surface area contributed by atoms with Gasteiger partial charge in [0.05, 0.1) is 6.61 Å². The van der Waals surface area contributed by atoms with Gasteiger partial charge in [0.15, 0.2) is 0 Å². The quantitative estimate of drug-likeness (QED) is 0.0440. The lowest BCUT2D eigenvalue weighted by Gasteiger charge is -2.41. The molecule has 3 unspecified atom stereocenters. The number of allylic oxidation sites excluding steroid dienone is 4. The third kappa shape index (κ3) is 15.2. The van der Waals surface area contributed by atoms with E-state index in [2.05, 4.69) is 40.3 Å². The van der Waals surface area contributed by atoms with Gasteiger partial charge < -0.3 is 40.3 Å². The summed E-state index contributed by atoms with van der Waals surface area (Å²) in [5.74, 6) is -0.525. The van der Waals surface area contributed by atoms with Crippen LogP contribution in [0.25, 0.3) is 0 Å². The molecule has 0 saturated heterocycles. The Morgan fingerprint density at radius 2 is 1.30 bits per heavy atom. The lowest BCUT2D eigenvalue weighted by molar-refractivity contribution is -0.220. The molecule has 0 aromatic heterocycles. The standard InChI is InChI=1S/C27H49O12P/c1-2-3-4-5-6-7-8-9-10-11-12-13-14-15-16-17-21(29)37-18-20(28)19-38-40(35,36)39-27-25(33)23(31)22(30)24(32)26(27)34/h6-7,9-10,20,22-28,30-34H,2-5,8,11-19H2,1H3,(H,35,36)/b7-6-,10-9-/t20-,22?,23-,24+,25+,26+,27?/m0/s1. The van der Waals surface area contributed by atoms with Crippen molar-refractivity contribution >= 4 is 13.8 Å². The smallest absolute Gasteiger partial charge is 0.463 e. The minimum Gasteiger partial charge on any atom is -0.463 e. The Balaban J connectivity index is 2.11. The number of unbranched alkanes of at least 4 members (excludes halogenated alkanes) is 8. The van der Waals surface area contributed by atoms with Crippen molar-refractivity contribution in [1.82, 2.24) is 0 Å². The average molecular weight is 597 g/mol. The van der Waals surface area contributed by atoms with Gasteiger partial charge in [0.2, 0.25) is 0 Å². The summed E-state index contributed by atoms with van der Waals surface area (Å²) >= 11 is 0. The molecule has 0 spiro atoms. The van der Waals surface area contributed by atoms with E-state index in [0.29, 0.717) is 6.42 Å². The highest BCUT2D eigenvalue weighted by atomic mass is 31.2. The SMILES string of the molecule is CCCCC/C=C\C/C=C\CCCCCCCC(=O)OC[C@H](O)COP(=O)(O)OC1[C@H](O)[C@H](O)C(O)[C@H](O)[C@H]1O. The van der Waals surface area contributed by atoms with Gasteiger partial charge in [-0.2, -0.15) is 0 Å². The largest absolute Gasteiger partial charge is 0.472 e. The molecule has 234 valence electrons. The molecule has 7 N–H and O–H groups in total. The summed E-state index contributed by atoms with van der Waals surface area (Å²) in [5, 5.41) is 58.5. The van der Waals surface area contributed by atoms with Gasteiger partial charge in [0, 0.05) is 6.42 Å². The average Bonchev–Trinajstić information content (AvgIpc) is 2.93. The fourth-order valence-electron chi connectivity index (χ4n) is 4.08. The van der Waals surface area contributed by atoms with E-state index in [0.717, 1.165) is 44.9 Å². The van der Waals surface area contributed by atoms with Crippen LogP contribution in [0.2, 0.25) is 0 Å². The van der Waals surface area contributed by atoms with Crippen LogP contribution in [0.5, 0.6) is 0 Å². The Morgan fingerprint density at radius 1 is 0.775 bits per heavy atom. The number of esters is 1. The van der Waals surface area contributed by atoms with Crippen molar-refractivity contribution in [1.29, 1.82) is 0 Å². The van der Waals surface area contributed by atoms with E-state index in [1.807, 2.05) is 0 Å². The first kappa shape index (κ1) is 36.8. The van der Waals surface area contributed by atoms with E-state index < -0.39 is 69.7 Å². The molecular formula is C27H49O12P. The number of aliphatic hydroxyl groups excluding tert-OH is 6. The van der Waals surface area contributed by atoms with Crippen LogP contribution in [0, 0.1) is 0 Å². The third-order valence-corrected chi connectivity index (χ3v) is 7.51. The number of carbonyl (C=O) groups excluding carboxylic acids is 1. The number of carbonyl (C=O) groups is 1. The van der Waals surface area contributed by atoms with Crippen molar-refractivity contribution in [3.63, 3.8) is 0 Å². The summed E-state index contributed by atoms with van der Waals surface area (Å²) in [6.07, 6.45) is 7.40. The second-order valence-electron chi connectivity index (χ2n) is 10.1. The van der Waals surface area contributed by atoms with Crippen molar-refractivity contribution in [2.75, 3.05) is 13.2 Å². The van der Waals surface area contributed by atoms with Crippen LogP contribution >= 0.6 is 7.82 Å². The summed E-state index contributed by atoms with van der Waals surface area (Å²) in [4.78, 5) is 21.7. The maximum atomic E-state index is 12.1. The molecule has 13 heteroatoms. The Hall–Kier alpha value is -1.18. The monoisotopic (exact) mass is 596 g/mol. The molecule has 0 aromatic rings. The topological polar surface area (TPSA) is 203 Å². The Morgan fingerprint density at radius 3 is 1.90 bits per heavy atom. The van der Waals surface area contributed by atoms with E-state index in [-0.39, 0.29) is 6.42 Å². The van der Waals surface area contributed by atoms with Gasteiger partial charge in [-0.05, 0) is 38.5 Å². The maximum Gasteiger partial charge on any atom is 0.472 e. The minimum absolute atomic E-state index is 0.174. The van der Waals surface area contributed by atoms with Gasteiger partial charge >= 0.3 is 13.8 Å². The molecule has 0 amide bonds.